The zero-order valence-corrected chi connectivity index (χ0v) is 17.6. The van der Waals surface area contributed by atoms with Crippen molar-refractivity contribution in [2.75, 3.05) is 18.0 Å². The van der Waals surface area contributed by atoms with Crippen LogP contribution in [0.2, 0.25) is 0 Å². The predicted octanol–water partition coefficient (Wildman–Crippen LogP) is 3.50. The Morgan fingerprint density at radius 2 is 1.97 bits per heavy atom. The van der Waals surface area contributed by atoms with Crippen molar-refractivity contribution in [1.29, 1.82) is 0 Å². The summed E-state index contributed by atoms with van der Waals surface area (Å²) in [6.07, 6.45) is 2.31. The number of nitrogens with zero attached hydrogens (tertiary/aromatic N) is 3. The number of para-hydroxylation sites is 2. The first-order valence-electron chi connectivity index (χ1n) is 10.7. The van der Waals surface area contributed by atoms with Crippen LogP contribution in [-0.4, -0.2) is 39.9 Å². The van der Waals surface area contributed by atoms with E-state index in [1.165, 1.54) is 5.56 Å². The molecule has 1 amide bonds. The number of aromatic nitrogens is 2. The lowest BCUT2D eigenvalue weighted by atomic mass is 10.2. The molecular weight excluding hydrogens is 376 g/mol. The summed E-state index contributed by atoms with van der Waals surface area (Å²) in [6, 6.07) is 15.8. The molecule has 0 aliphatic carbocycles. The molecule has 0 radical (unpaired) electrons. The van der Waals surface area contributed by atoms with Crippen LogP contribution in [0.3, 0.4) is 0 Å². The summed E-state index contributed by atoms with van der Waals surface area (Å²) in [5.74, 6) is 0.784. The summed E-state index contributed by atoms with van der Waals surface area (Å²) < 4.78 is 0. The van der Waals surface area contributed by atoms with E-state index in [-0.39, 0.29) is 17.5 Å². The van der Waals surface area contributed by atoms with Gasteiger partial charge in [-0.1, -0.05) is 37.3 Å². The normalized spacial score (nSPS) is 14.3. The first kappa shape index (κ1) is 20.3. The first-order chi connectivity index (χ1) is 14.6. The second-order valence-electron chi connectivity index (χ2n) is 7.93. The molecule has 30 heavy (non-hydrogen) atoms. The van der Waals surface area contributed by atoms with Crippen molar-refractivity contribution in [1.82, 2.24) is 14.9 Å². The summed E-state index contributed by atoms with van der Waals surface area (Å²) in [5, 5.41) is 0.596. The third-order valence-corrected chi connectivity index (χ3v) is 6.03. The van der Waals surface area contributed by atoms with Gasteiger partial charge in [0.2, 0.25) is 5.91 Å². The van der Waals surface area contributed by atoms with E-state index in [0.717, 1.165) is 25.1 Å². The molecule has 6 nitrogen and oxygen atoms in total. The van der Waals surface area contributed by atoms with Gasteiger partial charge in [-0.05, 0) is 43.5 Å². The van der Waals surface area contributed by atoms with Crippen molar-refractivity contribution in [2.24, 2.45) is 0 Å². The van der Waals surface area contributed by atoms with Gasteiger partial charge >= 0.3 is 0 Å². The molecule has 1 unspecified atom stereocenters. The lowest BCUT2D eigenvalue weighted by molar-refractivity contribution is -0.119. The fraction of sp³-hybridized carbons (Fsp3) is 0.375. The number of carbonyl (C=O) groups is 1. The quantitative estimate of drug-likeness (QED) is 0.654. The van der Waals surface area contributed by atoms with Crippen LogP contribution in [0.25, 0.3) is 10.9 Å². The second-order valence-corrected chi connectivity index (χ2v) is 7.93. The van der Waals surface area contributed by atoms with Crippen LogP contribution in [0.15, 0.2) is 53.3 Å². The SMILES string of the molecule is CCC(C)N(CCC(=O)N1CCc2ccccc21)Cc1nc2ccccc2c(=O)[nH]1. The van der Waals surface area contributed by atoms with Gasteiger partial charge in [-0.3, -0.25) is 14.5 Å². The number of fused-ring (bicyclic) bond motifs is 2. The van der Waals surface area contributed by atoms with E-state index in [1.54, 1.807) is 6.07 Å². The number of hydrogen-bond donors (Lipinski definition) is 1. The standard InChI is InChI=1S/C24H28N4O2/c1-3-17(2)27(16-22-25-20-10-6-5-9-19(20)24(30)26-22)14-13-23(29)28-15-12-18-8-4-7-11-21(18)28/h4-11,17H,3,12-16H2,1-2H3,(H,25,26,30). The van der Waals surface area contributed by atoms with Crippen LogP contribution in [0.5, 0.6) is 0 Å². The number of aromatic amines is 1. The fourth-order valence-electron chi connectivity index (χ4n) is 4.09. The highest BCUT2D eigenvalue weighted by Gasteiger charge is 2.25. The molecule has 0 fully saturated rings. The minimum Gasteiger partial charge on any atom is -0.312 e. The molecule has 0 spiro atoms. The topological polar surface area (TPSA) is 69.3 Å². The summed E-state index contributed by atoms with van der Waals surface area (Å²) in [7, 11) is 0. The van der Waals surface area contributed by atoms with Gasteiger partial charge in [0, 0.05) is 31.2 Å². The predicted molar refractivity (Wildman–Crippen MR) is 120 cm³/mol. The lowest BCUT2D eigenvalue weighted by Gasteiger charge is -2.28. The van der Waals surface area contributed by atoms with Crippen LogP contribution in [0, 0.1) is 0 Å². The summed E-state index contributed by atoms with van der Waals surface area (Å²) in [5.41, 5.74) is 2.86. The number of hydrogen-bond acceptors (Lipinski definition) is 4. The minimum absolute atomic E-state index is 0.121. The maximum atomic E-state index is 12.9. The third kappa shape index (κ3) is 4.14. The van der Waals surface area contributed by atoms with E-state index in [1.807, 2.05) is 41.3 Å². The summed E-state index contributed by atoms with van der Waals surface area (Å²) >= 11 is 0. The number of rotatable bonds is 7. The zero-order chi connectivity index (χ0) is 21.1. The molecule has 2 heterocycles. The monoisotopic (exact) mass is 404 g/mol. The Hall–Kier alpha value is -2.99. The van der Waals surface area contributed by atoms with Crippen LogP contribution in [0.4, 0.5) is 5.69 Å². The van der Waals surface area contributed by atoms with Gasteiger partial charge in [0.05, 0.1) is 17.4 Å². The Morgan fingerprint density at radius 3 is 2.80 bits per heavy atom. The third-order valence-electron chi connectivity index (χ3n) is 6.03. The molecular formula is C24H28N4O2. The average Bonchev–Trinajstić information content (AvgIpc) is 3.20. The first-order valence-corrected chi connectivity index (χ1v) is 10.7. The van der Waals surface area contributed by atoms with E-state index >= 15 is 0 Å². The van der Waals surface area contributed by atoms with Crippen molar-refractivity contribution in [3.05, 3.63) is 70.3 Å². The van der Waals surface area contributed by atoms with Crippen LogP contribution >= 0.6 is 0 Å². The molecule has 6 heteroatoms. The van der Waals surface area contributed by atoms with Crippen LogP contribution < -0.4 is 10.5 Å². The van der Waals surface area contributed by atoms with Gasteiger partial charge in [-0.2, -0.15) is 0 Å². The zero-order valence-electron chi connectivity index (χ0n) is 17.6. The van der Waals surface area contributed by atoms with Crippen LogP contribution in [-0.2, 0) is 17.8 Å². The van der Waals surface area contributed by atoms with Gasteiger partial charge in [-0.25, -0.2) is 4.98 Å². The number of nitrogens with one attached hydrogen (secondary N) is 1. The van der Waals surface area contributed by atoms with Gasteiger partial charge in [0.1, 0.15) is 5.82 Å². The summed E-state index contributed by atoms with van der Waals surface area (Å²) in [6.45, 7) is 6.17. The van der Waals surface area contributed by atoms with Gasteiger partial charge in [0.15, 0.2) is 0 Å². The Morgan fingerprint density at radius 1 is 1.20 bits per heavy atom. The van der Waals surface area contributed by atoms with E-state index in [2.05, 4.69) is 34.8 Å². The highest BCUT2D eigenvalue weighted by Crippen LogP contribution is 2.28. The molecule has 4 rings (SSSR count). The molecule has 2 aromatic carbocycles. The van der Waals surface area contributed by atoms with Crippen molar-refractivity contribution in [3.63, 3.8) is 0 Å². The maximum absolute atomic E-state index is 12.9. The molecule has 0 bridgehead atoms. The van der Waals surface area contributed by atoms with E-state index in [4.69, 9.17) is 0 Å². The highest BCUT2D eigenvalue weighted by molar-refractivity contribution is 5.95. The largest absolute Gasteiger partial charge is 0.312 e. The lowest BCUT2D eigenvalue weighted by Crippen LogP contribution is -2.38. The molecule has 0 saturated heterocycles. The molecule has 1 N–H and O–H groups in total. The van der Waals surface area contributed by atoms with Crippen molar-refractivity contribution in [3.8, 4) is 0 Å². The fourth-order valence-corrected chi connectivity index (χ4v) is 4.09. The number of benzene rings is 2. The van der Waals surface area contributed by atoms with Crippen molar-refractivity contribution < 1.29 is 4.79 Å². The van der Waals surface area contributed by atoms with Crippen molar-refractivity contribution >= 4 is 22.5 Å². The molecule has 156 valence electrons. The minimum atomic E-state index is -0.121. The number of amides is 1. The van der Waals surface area contributed by atoms with E-state index in [0.29, 0.717) is 36.2 Å². The highest BCUT2D eigenvalue weighted by atomic mass is 16.2. The molecule has 0 saturated carbocycles. The second kappa shape index (κ2) is 8.79. The Kier molecular flexibility index (Phi) is 5.95. The molecule has 1 aliphatic rings. The number of H-pyrrole nitrogens is 1. The van der Waals surface area contributed by atoms with E-state index in [9.17, 15) is 9.59 Å². The Balaban J connectivity index is 1.47. The van der Waals surface area contributed by atoms with Gasteiger partial charge in [0.25, 0.3) is 5.56 Å². The van der Waals surface area contributed by atoms with Crippen LogP contribution in [0.1, 0.15) is 38.1 Å². The molecule has 3 aromatic rings. The average molecular weight is 405 g/mol. The van der Waals surface area contributed by atoms with Crippen molar-refractivity contribution in [2.45, 2.75) is 45.7 Å². The Labute approximate surface area is 176 Å². The maximum Gasteiger partial charge on any atom is 0.258 e. The molecule has 1 atom stereocenters. The molecule has 1 aliphatic heterocycles. The van der Waals surface area contributed by atoms with E-state index < -0.39 is 0 Å². The smallest absolute Gasteiger partial charge is 0.258 e. The Bertz CT molecular complexity index is 1110. The molecule has 1 aromatic heterocycles. The number of carbonyl (C=O) groups excluding carboxylic acids is 1. The number of anilines is 1. The van der Waals surface area contributed by atoms with Gasteiger partial charge in [-0.15, -0.1) is 0 Å². The summed E-state index contributed by atoms with van der Waals surface area (Å²) in [4.78, 5) is 37.0. The van der Waals surface area contributed by atoms with Gasteiger partial charge < -0.3 is 9.88 Å².